The second kappa shape index (κ2) is 8.44. The highest BCUT2D eigenvalue weighted by Crippen LogP contribution is 2.19. The third-order valence-corrected chi connectivity index (χ3v) is 5.04. The minimum atomic E-state index is -0.127. The number of fused-ring (bicyclic) bond motifs is 1. The quantitative estimate of drug-likeness (QED) is 0.722. The minimum absolute atomic E-state index is 0.0849. The molecule has 1 unspecified atom stereocenters. The van der Waals surface area contributed by atoms with Crippen molar-refractivity contribution in [2.45, 2.75) is 25.5 Å². The van der Waals surface area contributed by atoms with E-state index in [1.807, 2.05) is 24.3 Å². The number of aromatic nitrogens is 2. The van der Waals surface area contributed by atoms with Gasteiger partial charge < -0.3 is 15.0 Å². The lowest BCUT2D eigenvalue weighted by atomic mass is 10.0. The fourth-order valence-electron chi connectivity index (χ4n) is 3.46. The van der Waals surface area contributed by atoms with E-state index in [0.717, 1.165) is 23.8 Å². The number of halogens is 1. The molecule has 7 heteroatoms. The highest BCUT2D eigenvalue weighted by molar-refractivity contribution is 6.30. The zero-order valence-corrected chi connectivity index (χ0v) is 16.1. The van der Waals surface area contributed by atoms with Crippen LogP contribution in [0.1, 0.15) is 18.4 Å². The molecule has 1 atom stereocenters. The third kappa shape index (κ3) is 4.34. The first-order valence-electron chi connectivity index (χ1n) is 9.32. The zero-order valence-electron chi connectivity index (χ0n) is 15.3. The highest BCUT2D eigenvalue weighted by atomic mass is 35.5. The van der Waals surface area contributed by atoms with Crippen LogP contribution in [0.15, 0.2) is 54.9 Å². The number of likely N-dealkylation sites (tertiary alicyclic amines) is 1. The lowest BCUT2D eigenvalue weighted by Crippen LogP contribution is -2.48. The number of hydrogen-bond donors (Lipinski definition) is 1. The molecule has 6 nitrogen and oxygen atoms in total. The van der Waals surface area contributed by atoms with Crippen LogP contribution in [-0.4, -0.2) is 40.1 Å². The van der Waals surface area contributed by atoms with Crippen molar-refractivity contribution in [2.75, 3.05) is 13.1 Å². The Morgan fingerprint density at radius 2 is 1.96 bits per heavy atom. The van der Waals surface area contributed by atoms with Gasteiger partial charge in [-0.05, 0) is 29.2 Å². The maximum atomic E-state index is 12.7. The summed E-state index contributed by atoms with van der Waals surface area (Å²) in [5.41, 5.74) is 1.10. The lowest BCUT2D eigenvalue weighted by Gasteiger charge is -2.32. The number of benzene rings is 2. The molecule has 1 saturated heterocycles. The number of carbonyl (C=O) groups is 1. The van der Waals surface area contributed by atoms with E-state index in [4.69, 9.17) is 16.3 Å². The number of rotatable bonds is 4. The predicted octanol–water partition coefficient (Wildman–Crippen LogP) is 4.04. The predicted molar refractivity (Wildman–Crippen MR) is 108 cm³/mol. The zero-order chi connectivity index (χ0) is 19.3. The molecule has 0 radical (unpaired) electrons. The Kier molecular flexibility index (Phi) is 5.58. The van der Waals surface area contributed by atoms with Gasteiger partial charge in [-0.2, -0.15) is 0 Å². The van der Waals surface area contributed by atoms with Crippen LogP contribution in [0.4, 0.5) is 4.79 Å². The van der Waals surface area contributed by atoms with Crippen LogP contribution in [0.2, 0.25) is 5.02 Å². The van der Waals surface area contributed by atoms with Crippen molar-refractivity contribution in [1.82, 2.24) is 20.2 Å². The summed E-state index contributed by atoms with van der Waals surface area (Å²) in [5.74, 6) is 0. The van der Waals surface area contributed by atoms with Crippen LogP contribution in [-0.2, 0) is 6.54 Å². The van der Waals surface area contributed by atoms with Gasteiger partial charge in [-0.15, -0.1) is 0 Å². The van der Waals surface area contributed by atoms with E-state index in [9.17, 15) is 4.79 Å². The summed E-state index contributed by atoms with van der Waals surface area (Å²) in [6, 6.07) is 14.5. The molecule has 2 heterocycles. The molecule has 2 amide bonds. The van der Waals surface area contributed by atoms with Crippen molar-refractivity contribution in [1.29, 1.82) is 0 Å². The van der Waals surface area contributed by atoms with Crippen LogP contribution in [0.25, 0.3) is 10.8 Å². The molecule has 28 heavy (non-hydrogen) atoms. The first-order chi connectivity index (χ1) is 13.7. The SMILES string of the molecule is O=C(NCc1cccc2ccccc12)N1CCCC(Oc2ncc(Cl)cn2)C1. The molecule has 4 rings (SSSR count). The molecule has 1 aliphatic heterocycles. The molecule has 3 aromatic rings. The summed E-state index contributed by atoms with van der Waals surface area (Å²) < 4.78 is 5.81. The molecule has 144 valence electrons. The van der Waals surface area contributed by atoms with Crippen LogP contribution >= 0.6 is 11.6 Å². The lowest BCUT2D eigenvalue weighted by molar-refractivity contribution is 0.0938. The fraction of sp³-hybridized carbons (Fsp3) is 0.286. The molecule has 0 spiro atoms. The van der Waals surface area contributed by atoms with E-state index in [-0.39, 0.29) is 18.1 Å². The summed E-state index contributed by atoms with van der Waals surface area (Å²) in [6.45, 7) is 1.71. The van der Waals surface area contributed by atoms with Crippen LogP contribution in [0.3, 0.4) is 0 Å². The minimum Gasteiger partial charge on any atom is -0.458 e. The standard InChI is InChI=1S/C21H21ClN4O2/c22-17-12-23-20(24-13-17)28-18-8-4-10-26(14-18)21(27)25-11-16-7-3-6-15-5-1-2-9-19(15)16/h1-3,5-7,9,12-13,18H,4,8,10-11,14H2,(H,25,27). The van der Waals surface area contributed by atoms with E-state index in [0.29, 0.717) is 24.7 Å². The van der Waals surface area contributed by atoms with Gasteiger partial charge in [0.2, 0.25) is 0 Å². The molecule has 0 bridgehead atoms. The Labute approximate surface area is 168 Å². The van der Waals surface area contributed by atoms with Crippen molar-refractivity contribution in [3.05, 3.63) is 65.4 Å². The largest absolute Gasteiger partial charge is 0.458 e. The van der Waals surface area contributed by atoms with Gasteiger partial charge in [0.25, 0.3) is 0 Å². The van der Waals surface area contributed by atoms with Gasteiger partial charge in [0.15, 0.2) is 0 Å². The summed E-state index contributed by atoms with van der Waals surface area (Å²) in [4.78, 5) is 22.6. The number of hydrogen-bond acceptors (Lipinski definition) is 4. The van der Waals surface area contributed by atoms with Gasteiger partial charge in [-0.3, -0.25) is 0 Å². The van der Waals surface area contributed by atoms with Crippen LogP contribution < -0.4 is 10.1 Å². The number of amides is 2. The summed E-state index contributed by atoms with van der Waals surface area (Å²) in [6.07, 6.45) is 4.61. The highest BCUT2D eigenvalue weighted by Gasteiger charge is 2.25. The van der Waals surface area contributed by atoms with Gasteiger partial charge in [-0.1, -0.05) is 54.1 Å². The average Bonchev–Trinajstić information content (AvgIpc) is 2.74. The fourth-order valence-corrected chi connectivity index (χ4v) is 3.56. The molecule has 0 aliphatic carbocycles. The molecule has 0 saturated carbocycles. The smallest absolute Gasteiger partial charge is 0.317 e. The Hall–Kier alpha value is -2.86. The molecule has 1 aliphatic rings. The van der Waals surface area contributed by atoms with E-state index < -0.39 is 0 Å². The maximum absolute atomic E-state index is 12.7. The number of nitrogens with one attached hydrogen (secondary N) is 1. The third-order valence-electron chi connectivity index (χ3n) is 4.84. The molecule has 1 aromatic heterocycles. The number of carbonyl (C=O) groups excluding carboxylic acids is 1. The molecule has 1 N–H and O–H groups in total. The second-order valence-corrected chi connectivity index (χ2v) is 7.25. The van der Waals surface area contributed by atoms with E-state index >= 15 is 0 Å². The Morgan fingerprint density at radius 1 is 1.18 bits per heavy atom. The van der Waals surface area contributed by atoms with Crippen LogP contribution in [0, 0.1) is 0 Å². The van der Waals surface area contributed by atoms with Crippen molar-refractivity contribution in [3.63, 3.8) is 0 Å². The van der Waals surface area contributed by atoms with Crippen LogP contribution in [0.5, 0.6) is 6.01 Å². The van der Waals surface area contributed by atoms with Crippen molar-refractivity contribution >= 4 is 28.4 Å². The maximum Gasteiger partial charge on any atom is 0.317 e. The number of ether oxygens (including phenoxy) is 1. The van der Waals surface area contributed by atoms with Gasteiger partial charge in [0.05, 0.1) is 24.0 Å². The first kappa shape index (κ1) is 18.5. The van der Waals surface area contributed by atoms with Crippen molar-refractivity contribution < 1.29 is 9.53 Å². The first-order valence-corrected chi connectivity index (χ1v) is 9.70. The number of piperidine rings is 1. The van der Waals surface area contributed by atoms with Gasteiger partial charge in [-0.25, -0.2) is 14.8 Å². The Bertz CT molecular complexity index is 959. The Morgan fingerprint density at radius 3 is 2.82 bits per heavy atom. The van der Waals surface area contributed by atoms with E-state index in [1.165, 1.54) is 17.8 Å². The van der Waals surface area contributed by atoms with E-state index in [2.05, 4.69) is 33.5 Å². The van der Waals surface area contributed by atoms with Gasteiger partial charge in [0.1, 0.15) is 6.10 Å². The normalized spacial score (nSPS) is 16.8. The van der Waals surface area contributed by atoms with Crippen molar-refractivity contribution in [3.8, 4) is 6.01 Å². The van der Waals surface area contributed by atoms with Gasteiger partial charge in [0, 0.05) is 13.1 Å². The summed E-state index contributed by atoms with van der Waals surface area (Å²) in [7, 11) is 0. The molecular weight excluding hydrogens is 376 g/mol. The van der Waals surface area contributed by atoms with E-state index in [1.54, 1.807) is 4.90 Å². The second-order valence-electron chi connectivity index (χ2n) is 6.81. The Balaban J connectivity index is 1.35. The summed E-state index contributed by atoms with van der Waals surface area (Å²) in [5, 5.41) is 5.83. The molecule has 1 fully saturated rings. The summed E-state index contributed by atoms with van der Waals surface area (Å²) >= 11 is 5.80. The molecular formula is C21H21ClN4O2. The van der Waals surface area contributed by atoms with Gasteiger partial charge >= 0.3 is 12.0 Å². The molecule has 2 aromatic carbocycles. The monoisotopic (exact) mass is 396 g/mol. The average molecular weight is 397 g/mol. The van der Waals surface area contributed by atoms with Crippen molar-refractivity contribution in [2.24, 2.45) is 0 Å². The topological polar surface area (TPSA) is 67.4 Å². The number of nitrogens with zero attached hydrogens (tertiary/aromatic N) is 3. The number of urea groups is 1.